The molecule has 1 aliphatic heterocycles. The van der Waals surface area contributed by atoms with Crippen molar-refractivity contribution in [3.63, 3.8) is 0 Å². The van der Waals surface area contributed by atoms with Crippen LogP contribution in [-0.4, -0.2) is 43.4 Å². The molecule has 0 unspecified atom stereocenters. The van der Waals surface area contributed by atoms with Gasteiger partial charge in [0.05, 0.1) is 5.52 Å². The topological polar surface area (TPSA) is 96.7 Å². The molecular weight excluding hydrogens is 466 g/mol. The van der Waals surface area contributed by atoms with Gasteiger partial charge in [-0.3, -0.25) is 0 Å². The first kappa shape index (κ1) is 22.8. The van der Waals surface area contributed by atoms with Crippen molar-refractivity contribution in [3.8, 4) is 11.5 Å². The Balaban J connectivity index is 1.21. The second-order valence-electron chi connectivity index (χ2n) is 9.19. The molecule has 0 saturated carbocycles. The summed E-state index contributed by atoms with van der Waals surface area (Å²) in [5.74, 6) is 2.15. The summed E-state index contributed by atoms with van der Waals surface area (Å²) < 4.78 is 8.05. The standard InChI is InChI=1S/C28H27N7O2/c1-19-15-20(6-8-25(19)37-22-9-13-34-14-10-29-26(34)17-22)32-27-23-16-21(5-7-24(23)30-18-31-27)33-28(36)35-11-3-2-4-12-35/h5-10,13-18H,2-4,11-12H2,1H3,(H,33,36)(H,30,31,32). The van der Waals surface area contributed by atoms with Crippen LogP contribution in [0.4, 0.5) is 22.0 Å². The van der Waals surface area contributed by atoms with Gasteiger partial charge in [0.25, 0.3) is 0 Å². The minimum Gasteiger partial charge on any atom is -0.457 e. The molecule has 1 saturated heterocycles. The molecule has 0 radical (unpaired) electrons. The molecule has 2 N–H and O–H groups in total. The predicted molar refractivity (Wildman–Crippen MR) is 144 cm³/mol. The van der Waals surface area contributed by atoms with E-state index >= 15 is 0 Å². The van der Waals surface area contributed by atoms with Crippen LogP contribution in [0, 0.1) is 6.92 Å². The second-order valence-corrected chi connectivity index (χ2v) is 9.19. The molecule has 1 aliphatic rings. The van der Waals surface area contributed by atoms with Crippen LogP contribution in [0.1, 0.15) is 24.8 Å². The molecule has 0 bridgehead atoms. The van der Waals surface area contributed by atoms with Crippen LogP contribution >= 0.6 is 0 Å². The molecule has 0 spiro atoms. The maximum absolute atomic E-state index is 12.7. The highest BCUT2D eigenvalue weighted by Crippen LogP contribution is 2.31. The zero-order valence-corrected chi connectivity index (χ0v) is 20.5. The number of benzene rings is 2. The molecule has 37 heavy (non-hydrogen) atoms. The van der Waals surface area contributed by atoms with Crippen molar-refractivity contribution in [2.24, 2.45) is 0 Å². The van der Waals surface area contributed by atoms with E-state index < -0.39 is 0 Å². The van der Waals surface area contributed by atoms with Crippen molar-refractivity contribution in [2.75, 3.05) is 23.7 Å². The number of hydrogen-bond acceptors (Lipinski definition) is 6. The number of anilines is 3. The van der Waals surface area contributed by atoms with E-state index in [2.05, 4.69) is 25.6 Å². The van der Waals surface area contributed by atoms with E-state index in [9.17, 15) is 4.79 Å². The van der Waals surface area contributed by atoms with Crippen molar-refractivity contribution in [2.45, 2.75) is 26.2 Å². The molecule has 6 rings (SSSR count). The Morgan fingerprint density at radius 1 is 0.919 bits per heavy atom. The molecule has 2 aromatic carbocycles. The summed E-state index contributed by atoms with van der Waals surface area (Å²) >= 11 is 0. The van der Waals surface area contributed by atoms with Gasteiger partial charge in [-0.15, -0.1) is 0 Å². The van der Waals surface area contributed by atoms with Gasteiger partial charge < -0.3 is 24.7 Å². The lowest BCUT2D eigenvalue weighted by molar-refractivity contribution is 0.200. The van der Waals surface area contributed by atoms with Gasteiger partial charge in [-0.1, -0.05) is 0 Å². The summed E-state index contributed by atoms with van der Waals surface area (Å²) in [7, 11) is 0. The van der Waals surface area contributed by atoms with Crippen LogP contribution in [0.25, 0.3) is 16.6 Å². The van der Waals surface area contributed by atoms with Crippen LogP contribution in [0.15, 0.2) is 73.4 Å². The molecular formula is C28H27N7O2. The van der Waals surface area contributed by atoms with E-state index in [-0.39, 0.29) is 6.03 Å². The molecule has 3 aromatic heterocycles. The number of likely N-dealkylation sites (tertiary alicyclic amines) is 1. The second kappa shape index (κ2) is 9.77. The maximum Gasteiger partial charge on any atom is 0.321 e. The number of ether oxygens (including phenoxy) is 1. The predicted octanol–water partition coefficient (Wildman–Crippen LogP) is 6.14. The number of amides is 2. The van der Waals surface area contributed by atoms with Crippen molar-refractivity contribution >= 4 is 39.8 Å². The van der Waals surface area contributed by atoms with Gasteiger partial charge in [0, 0.05) is 54.5 Å². The number of hydrogen-bond donors (Lipinski definition) is 2. The van der Waals surface area contributed by atoms with Gasteiger partial charge >= 0.3 is 6.03 Å². The SMILES string of the molecule is Cc1cc(Nc2ncnc3ccc(NC(=O)N4CCCCC4)cc23)ccc1Oc1ccn2ccnc2c1. The average molecular weight is 494 g/mol. The fourth-order valence-electron chi connectivity index (χ4n) is 4.59. The first-order chi connectivity index (χ1) is 18.1. The third-order valence-electron chi connectivity index (χ3n) is 6.56. The fourth-order valence-corrected chi connectivity index (χ4v) is 4.59. The average Bonchev–Trinajstić information content (AvgIpc) is 3.39. The number of aromatic nitrogens is 4. The van der Waals surface area contributed by atoms with E-state index in [1.165, 1.54) is 12.7 Å². The van der Waals surface area contributed by atoms with Gasteiger partial charge in [0.1, 0.15) is 29.3 Å². The summed E-state index contributed by atoms with van der Waals surface area (Å²) in [5.41, 5.74) is 4.18. The highest BCUT2D eigenvalue weighted by molar-refractivity contribution is 5.96. The van der Waals surface area contributed by atoms with Crippen molar-refractivity contribution in [1.82, 2.24) is 24.3 Å². The Morgan fingerprint density at radius 3 is 2.65 bits per heavy atom. The first-order valence-electron chi connectivity index (χ1n) is 12.4. The lowest BCUT2D eigenvalue weighted by Crippen LogP contribution is -2.38. The normalized spacial score (nSPS) is 13.6. The highest BCUT2D eigenvalue weighted by Gasteiger charge is 2.17. The van der Waals surface area contributed by atoms with Crippen LogP contribution in [0.3, 0.4) is 0 Å². The largest absolute Gasteiger partial charge is 0.457 e. The summed E-state index contributed by atoms with van der Waals surface area (Å²) in [4.78, 5) is 27.7. The van der Waals surface area contributed by atoms with E-state index in [1.54, 1.807) is 6.20 Å². The Kier molecular flexibility index (Phi) is 6.02. The van der Waals surface area contributed by atoms with Gasteiger partial charge in [-0.05, 0) is 74.2 Å². The van der Waals surface area contributed by atoms with Crippen molar-refractivity contribution < 1.29 is 9.53 Å². The van der Waals surface area contributed by atoms with E-state index in [0.717, 1.165) is 70.9 Å². The Labute approximate surface area is 214 Å². The monoisotopic (exact) mass is 493 g/mol. The summed E-state index contributed by atoms with van der Waals surface area (Å²) in [6.45, 7) is 3.60. The molecule has 9 nitrogen and oxygen atoms in total. The van der Waals surface area contributed by atoms with Crippen LogP contribution < -0.4 is 15.4 Å². The highest BCUT2D eigenvalue weighted by atomic mass is 16.5. The van der Waals surface area contributed by atoms with E-state index in [4.69, 9.17) is 4.74 Å². The number of nitrogens with one attached hydrogen (secondary N) is 2. The number of carbonyl (C=O) groups excluding carboxylic acids is 1. The molecule has 5 aromatic rings. The number of urea groups is 1. The van der Waals surface area contributed by atoms with Gasteiger partial charge in [0.2, 0.25) is 0 Å². The lowest BCUT2D eigenvalue weighted by atomic mass is 10.1. The Morgan fingerprint density at radius 2 is 1.78 bits per heavy atom. The number of piperidine rings is 1. The number of imidazole rings is 1. The van der Waals surface area contributed by atoms with Gasteiger partial charge in [0.15, 0.2) is 0 Å². The third kappa shape index (κ3) is 4.88. The molecule has 0 atom stereocenters. The van der Waals surface area contributed by atoms with Crippen LogP contribution in [0.5, 0.6) is 11.5 Å². The first-order valence-corrected chi connectivity index (χ1v) is 12.4. The molecule has 9 heteroatoms. The molecule has 1 fully saturated rings. The quantitative estimate of drug-likeness (QED) is 0.305. The lowest BCUT2D eigenvalue weighted by Gasteiger charge is -2.26. The van der Waals surface area contributed by atoms with Crippen molar-refractivity contribution in [1.29, 1.82) is 0 Å². The molecule has 4 heterocycles. The summed E-state index contributed by atoms with van der Waals surface area (Å²) in [6, 6.07) is 15.3. The summed E-state index contributed by atoms with van der Waals surface area (Å²) in [6.07, 6.45) is 10.4. The molecule has 2 amide bonds. The van der Waals surface area contributed by atoms with E-state index in [1.807, 2.05) is 77.1 Å². The molecule has 186 valence electrons. The van der Waals surface area contributed by atoms with Gasteiger partial charge in [-0.2, -0.15) is 0 Å². The number of nitrogens with zero attached hydrogens (tertiary/aromatic N) is 5. The molecule has 0 aliphatic carbocycles. The van der Waals surface area contributed by atoms with E-state index in [0.29, 0.717) is 5.82 Å². The zero-order valence-electron chi connectivity index (χ0n) is 20.5. The Hall–Kier alpha value is -4.66. The minimum atomic E-state index is -0.0662. The summed E-state index contributed by atoms with van der Waals surface area (Å²) in [5, 5.41) is 7.25. The Bertz CT molecular complexity index is 1590. The number of carbonyl (C=O) groups is 1. The fraction of sp³-hybridized carbons (Fsp3) is 0.214. The van der Waals surface area contributed by atoms with Crippen molar-refractivity contribution in [3.05, 3.63) is 79.0 Å². The third-order valence-corrected chi connectivity index (χ3v) is 6.56. The van der Waals surface area contributed by atoms with Crippen LogP contribution in [-0.2, 0) is 0 Å². The number of pyridine rings is 1. The number of rotatable bonds is 5. The smallest absolute Gasteiger partial charge is 0.321 e. The minimum absolute atomic E-state index is 0.0662. The number of fused-ring (bicyclic) bond motifs is 2. The maximum atomic E-state index is 12.7. The number of aryl methyl sites for hydroxylation is 1. The van der Waals surface area contributed by atoms with Crippen LogP contribution in [0.2, 0.25) is 0 Å². The zero-order chi connectivity index (χ0) is 25.2. The van der Waals surface area contributed by atoms with Gasteiger partial charge in [-0.25, -0.2) is 19.7 Å².